The van der Waals surface area contributed by atoms with Gasteiger partial charge in [0.15, 0.2) is 6.23 Å². The summed E-state index contributed by atoms with van der Waals surface area (Å²) in [5.74, 6) is 0. The second kappa shape index (κ2) is 7.37. The molecule has 0 saturated carbocycles. The van der Waals surface area contributed by atoms with Crippen LogP contribution in [0.1, 0.15) is 18.7 Å². The number of rotatable bonds is 6. The molecule has 9 nitrogen and oxygen atoms in total. The molecular weight excluding hydrogens is 308 g/mol. The zero-order valence-electron chi connectivity index (χ0n) is 13.3. The molecule has 0 amide bonds. The molecule has 5 atom stereocenters. The van der Waals surface area contributed by atoms with Crippen molar-refractivity contribution in [3.05, 3.63) is 32.6 Å². The number of aliphatic hydroxyl groups is 2. The number of ether oxygens (including phenoxy) is 3. The van der Waals surface area contributed by atoms with Crippen LogP contribution in [0.15, 0.2) is 15.8 Å². The van der Waals surface area contributed by atoms with E-state index in [0.29, 0.717) is 12.2 Å². The largest absolute Gasteiger partial charge is 0.394 e. The molecule has 0 aromatic carbocycles. The number of nitrogens with zero attached hydrogens (tertiary/aromatic N) is 1. The van der Waals surface area contributed by atoms with E-state index in [9.17, 15) is 19.8 Å². The van der Waals surface area contributed by atoms with Crippen LogP contribution in [0.4, 0.5) is 0 Å². The molecule has 9 heteroatoms. The lowest BCUT2D eigenvalue weighted by Gasteiger charge is -2.25. The normalized spacial score (nSPS) is 28.9. The lowest BCUT2D eigenvalue weighted by atomic mass is 10.1. The third-order valence-corrected chi connectivity index (χ3v) is 3.70. The van der Waals surface area contributed by atoms with Crippen molar-refractivity contribution in [2.75, 3.05) is 20.3 Å². The molecule has 2 heterocycles. The number of aryl methyl sites for hydroxylation is 1. The first kappa shape index (κ1) is 17.8. The van der Waals surface area contributed by atoms with Gasteiger partial charge in [-0.2, -0.15) is 0 Å². The van der Waals surface area contributed by atoms with E-state index in [0.717, 1.165) is 4.57 Å². The Balaban J connectivity index is 2.35. The summed E-state index contributed by atoms with van der Waals surface area (Å²) in [6.07, 6.45) is -2.88. The molecule has 0 spiro atoms. The highest BCUT2D eigenvalue weighted by Crippen LogP contribution is 2.31. The zero-order chi connectivity index (χ0) is 17.1. The summed E-state index contributed by atoms with van der Waals surface area (Å²) < 4.78 is 17.4. The van der Waals surface area contributed by atoms with Gasteiger partial charge in [0, 0.05) is 18.9 Å². The fraction of sp³-hybridized carbons (Fsp3) is 0.714. The minimum absolute atomic E-state index is 0.291. The average molecular weight is 330 g/mol. The van der Waals surface area contributed by atoms with Crippen molar-refractivity contribution >= 4 is 0 Å². The summed E-state index contributed by atoms with van der Waals surface area (Å²) in [6, 6.07) is 0. The number of aromatic nitrogens is 2. The van der Waals surface area contributed by atoms with Gasteiger partial charge in [0.1, 0.15) is 18.3 Å². The van der Waals surface area contributed by atoms with Crippen molar-refractivity contribution in [1.29, 1.82) is 0 Å². The Morgan fingerprint density at radius 2 is 2.17 bits per heavy atom. The summed E-state index contributed by atoms with van der Waals surface area (Å²) in [4.78, 5) is 25.7. The van der Waals surface area contributed by atoms with E-state index in [1.807, 2.05) is 0 Å². The van der Waals surface area contributed by atoms with E-state index in [4.69, 9.17) is 14.2 Å². The van der Waals surface area contributed by atoms with Crippen molar-refractivity contribution in [2.24, 2.45) is 0 Å². The average Bonchev–Trinajstić information content (AvgIpc) is 2.80. The van der Waals surface area contributed by atoms with Crippen LogP contribution in [0.5, 0.6) is 0 Å². The standard InChI is InChI=1S/C14H22N2O7/c1-7-4-16(14(20)15-12(7)19)13-11(22-8(2)6-21-3)10(18)9(5-17)23-13/h4,8-11,13,17-18H,5-6H2,1-3H3,(H,15,19,20). The molecule has 1 aliphatic rings. The Kier molecular flexibility index (Phi) is 5.71. The number of hydrogen-bond donors (Lipinski definition) is 3. The molecule has 5 unspecified atom stereocenters. The Morgan fingerprint density at radius 1 is 1.48 bits per heavy atom. The van der Waals surface area contributed by atoms with Crippen LogP contribution >= 0.6 is 0 Å². The van der Waals surface area contributed by atoms with E-state index in [1.165, 1.54) is 13.3 Å². The number of hydrogen-bond acceptors (Lipinski definition) is 7. The van der Waals surface area contributed by atoms with Crippen LogP contribution in [0.3, 0.4) is 0 Å². The summed E-state index contributed by atoms with van der Waals surface area (Å²) >= 11 is 0. The molecular formula is C14H22N2O7. The number of aromatic amines is 1. The molecule has 1 aromatic heterocycles. The van der Waals surface area contributed by atoms with Crippen LogP contribution in [0, 0.1) is 6.92 Å². The first-order chi connectivity index (χ1) is 10.9. The Hall–Kier alpha value is -1.52. The smallest absolute Gasteiger partial charge is 0.330 e. The van der Waals surface area contributed by atoms with Gasteiger partial charge in [0.2, 0.25) is 0 Å². The Bertz CT molecular complexity index is 641. The molecule has 0 aliphatic carbocycles. The van der Waals surface area contributed by atoms with Gasteiger partial charge in [-0.25, -0.2) is 4.79 Å². The van der Waals surface area contributed by atoms with E-state index < -0.39 is 42.4 Å². The maximum absolute atomic E-state index is 12.0. The van der Waals surface area contributed by atoms with Gasteiger partial charge in [-0.1, -0.05) is 0 Å². The maximum Gasteiger partial charge on any atom is 0.330 e. The number of nitrogens with one attached hydrogen (secondary N) is 1. The van der Waals surface area contributed by atoms with Gasteiger partial charge in [0.25, 0.3) is 5.56 Å². The molecule has 1 saturated heterocycles. The number of H-pyrrole nitrogens is 1. The topological polar surface area (TPSA) is 123 Å². The summed E-state index contributed by atoms with van der Waals surface area (Å²) in [7, 11) is 1.52. The molecule has 0 bridgehead atoms. The van der Waals surface area contributed by atoms with Crippen molar-refractivity contribution in [2.45, 2.75) is 44.5 Å². The van der Waals surface area contributed by atoms with Gasteiger partial charge in [-0.3, -0.25) is 14.3 Å². The highest BCUT2D eigenvalue weighted by Gasteiger charge is 2.46. The van der Waals surface area contributed by atoms with Gasteiger partial charge in [0.05, 0.1) is 19.3 Å². The molecule has 130 valence electrons. The molecule has 1 aliphatic heterocycles. The summed E-state index contributed by atoms with van der Waals surface area (Å²) in [5.41, 5.74) is -0.850. The maximum atomic E-state index is 12.0. The summed E-state index contributed by atoms with van der Waals surface area (Å²) in [6.45, 7) is 3.17. The highest BCUT2D eigenvalue weighted by atomic mass is 16.6. The molecule has 3 N–H and O–H groups in total. The second-order valence-electron chi connectivity index (χ2n) is 5.58. The minimum atomic E-state index is -1.12. The zero-order valence-corrected chi connectivity index (χ0v) is 13.3. The van der Waals surface area contributed by atoms with E-state index in [1.54, 1.807) is 13.8 Å². The minimum Gasteiger partial charge on any atom is -0.394 e. The Labute approximate surface area is 132 Å². The fourth-order valence-electron chi connectivity index (χ4n) is 2.56. The fourth-order valence-corrected chi connectivity index (χ4v) is 2.56. The molecule has 1 fully saturated rings. The summed E-state index contributed by atoms with van der Waals surface area (Å²) in [5, 5.41) is 19.6. The molecule has 0 radical (unpaired) electrons. The molecule has 2 rings (SSSR count). The number of methoxy groups -OCH3 is 1. The lowest BCUT2D eigenvalue weighted by Crippen LogP contribution is -2.41. The van der Waals surface area contributed by atoms with Crippen LogP contribution < -0.4 is 11.2 Å². The van der Waals surface area contributed by atoms with Gasteiger partial charge < -0.3 is 24.4 Å². The van der Waals surface area contributed by atoms with E-state index >= 15 is 0 Å². The third kappa shape index (κ3) is 3.70. The first-order valence-electron chi connectivity index (χ1n) is 7.29. The van der Waals surface area contributed by atoms with Crippen LogP contribution in [-0.4, -0.2) is 64.5 Å². The first-order valence-corrected chi connectivity index (χ1v) is 7.29. The van der Waals surface area contributed by atoms with E-state index in [2.05, 4.69) is 4.98 Å². The van der Waals surface area contributed by atoms with Gasteiger partial charge in [-0.05, 0) is 13.8 Å². The van der Waals surface area contributed by atoms with Crippen molar-refractivity contribution < 1.29 is 24.4 Å². The highest BCUT2D eigenvalue weighted by molar-refractivity contribution is 5.03. The number of aliphatic hydroxyl groups excluding tert-OH is 2. The van der Waals surface area contributed by atoms with Crippen LogP contribution in [0.25, 0.3) is 0 Å². The van der Waals surface area contributed by atoms with Gasteiger partial charge in [-0.15, -0.1) is 0 Å². The predicted octanol–water partition coefficient (Wildman–Crippen LogP) is -1.48. The molecule has 1 aromatic rings. The predicted molar refractivity (Wildman–Crippen MR) is 79.3 cm³/mol. The van der Waals surface area contributed by atoms with Crippen molar-refractivity contribution in [1.82, 2.24) is 9.55 Å². The van der Waals surface area contributed by atoms with E-state index in [-0.39, 0.29) is 6.10 Å². The van der Waals surface area contributed by atoms with Crippen LogP contribution in [-0.2, 0) is 14.2 Å². The van der Waals surface area contributed by atoms with Gasteiger partial charge >= 0.3 is 5.69 Å². The SMILES string of the molecule is COCC(C)OC1C(O)C(CO)OC1n1cc(C)c(=O)[nH]c1=O. The third-order valence-electron chi connectivity index (χ3n) is 3.70. The van der Waals surface area contributed by atoms with Crippen molar-refractivity contribution in [3.8, 4) is 0 Å². The quantitative estimate of drug-likeness (QED) is 0.581. The second-order valence-corrected chi connectivity index (χ2v) is 5.58. The van der Waals surface area contributed by atoms with Crippen molar-refractivity contribution in [3.63, 3.8) is 0 Å². The van der Waals surface area contributed by atoms with Crippen LogP contribution in [0.2, 0.25) is 0 Å². The molecule has 23 heavy (non-hydrogen) atoms. The monoisotopic (exact) mass is 330 g/mol. The Morgan fingerprint density at radius 3 is 2.78 bits per heavy atom. The lowest BCUT2D eigenvalue weighted by molar-refractivity contribution is -0.111.